The van der Waals surface area contributed by atoms with Crippen molar-refractivity contribution in [1.82, 2.24) is 25.1 Å². The van der Waals surface area contributed by atoms with Gasteiger partial charge in [-0.3, -0.25) is 0 Å². The zero-order valence-electron chi connectivity index (χ0n) is 16.0. The van der Waals surface area contributed by atoms with Gasteiger partial charge in [-0.15, -0.1) is 17.5 Å². The topological polar surface area (TPSA) is 60.0 Å². The molecule has 1 fully saturated rings. The van der Waals surface area contributed by atoms with Gasteiger partial charge >= 0.3 is 0 Å². The van der Waals surface area contributed by atoms with E-state index in [1.807, 2.05) is 22.9 Å². The third-order valence-corrected chi connectivity index (χ3v) is 5.70. The maximum absolute atomic E-state index is 13.3. The lowest BCUT2D eigenvalue weighted by atomic mass is 9.91. The molecule has 6 nitrogen and oxygen atoms in total. The molecule has 0 atom stereocenters. The first-order chi connectivity index (χ1) is 13.8. The van der Waals surface area contributed by atoms with Crippen molar-refractivity contribution in [2.75, 3.05) is 19.6 Å². The van der Waals surface area contributed by atoms with Crippen LogP contribution in [-0.4, -0.2) is 44.7 Å². The van der Waals surface area contributed by atoms with Gasteiger partial charge in [-0.05, 0) is 63.2 Å². The smallest absolute Gasteiger partial charge is 0.170 e. The zero-order valence-corrected chi connectivity index (χ0v) is 16.8. The van der Waals surface area contributed by atoms with Gasteiger partial charge in [-0.2, -0.15) is 0 Å². The minimum atomic E-state index is -0.287. The standard InChI is InChI=1S/C21H22FN5O.ClH/c22-16-6-7-17-20(14-16)28-24-21(17)15-8-12-26(13-9-15)10-3-11-27-19-5-2-1-4-18(19)23-25-27;/h1-2,4-7,14-15H,3,8-13H2;1H. The van der Waals surface area contributed by atoms with E-state index in [0.717, 1.165) is 67.6 Å². The second-order valence-corrected chi connectivity index (χ2v) is 7.48. The van der Waals surface area contributed by atoms with Crippen molar-refractivity contribution >= 4 is 34.4 Å². The number of hydrogen-bond donors (Lipinski definition) is 0. The second-order valence-electron chi connectivity index (χ2n) is 7.48. The normalized spacial score (nSPS) is 15.8. The summed E-state index contributed by atoms with van der Waals surface area (Å²) in [7, 11) is 0. The van der Waals surface area contributed by atoms with E-state index >= 15 is 0 Å². The molecule has 3 heterocycles. The Hall–Kier alpha value is -2.51. The van der Waals surface area contributed by atoms with Gasteiger partial charge in [-0.25, -0.2) is 9.07 Å². The average Bonchev–Trinajstić information content (AvgIpc) is 3.33. The summed E-state index contributed by atoms with van der Waals surface area (Å²) in [4.78, 5) is 2.50. The summed E-state index contributed by atoms with van der Waals surface area (Å²) in [5, 5.41) is 13.6. The number of benzene rings is 2. The largest absolute Gasteiger partial charge is 0.356 e. The molecule has 152 valence electrons. The highest BCUT2D eigenvalue weighted by atomic mass is 35.5. The zero-order chi connectivity index (χ0) is 18.9. The molecule has 0 saturated carbocycles. The van der Waals surface area contributed by atoms with E-state index in [4.69, 9.17) is 4.52 Å². The fourth-order valence-electron chi connectivity index (χ4n) is 4.18. The van der Waals surface area contributed by atoms with E-state index in [-0.39, 0.29) is 18.2 Å². The maximum atomic E-state index is 13.3. The minimum absolute atomic E-state index is 0. The van der Waals surface area contributed by atoms with Crippen LogP contribution in [0.25, 0.3) is 22.0 Å². The Labute approximate surface area is 174 Å². The Kier molecular flexibility index (Phi) is 5.78. The first kappa shape index (κ1) is 19.8. The maximum Gasteiger partial charge on any atom is 0.170 e. The highest BCUT2D eigenvalue weighted by molar-refractivity contribution is 5.85. The minimum Gasteiger partial charge on any atom is -0.356 e. The van der Waals surface area contributed by atoms with Gasteiger partial charge in [0.15, 0.2) is 5.58 Å². The summed E-state index contributed by atoms with van der Waals surface area (Å²) in [6.45, 7) is 4.00. The number of rotatable bonds is 5. The number of piperidine rings is 1. The van der Waals surface area contributed by atoms with Crippen molar-refractivity contribution in [1.29, 1.82) is 0 Å². The third-order valence-electron chi connectivity index (χ3n) is 5.70. The van der Waals surface area contributed by atoms with Gasteiger partial charge in [0, 0.05) is 23.9 Å². The first-order valence-electron chi connectivity index (χ1n) is 9.83. The van der Waals surface area contributed by atoms with Crippen molar-refractivity contribution in [2.24, 2.45) is 0 Å². The van der Waals surface area contributed by atoms with Crippen molar-refractivity contribution in [3.05, 3.63) is 54.0 Å². The van der Waals surface area contributed by atoms with Crippen molar-refractivity contribution in [3.8, 4) is 0 Å². The Morgan fingerprint density at radius 1 is 1.07 bits per heavy atom. The molecule has 8 heteroatoms. The van der Waals surface area contributed by atoms with Crippen LogP contribution >= 0.6 is 12.4 Å². The van der Waals surface area contributed by atoms with Crippen LogP contribution in [-0.2, 0) is 6.54 Å². The molecule has 0 radical (unpaired) electrons. The summed E-state index contributed by atoms with van der Waals surface area (Å²) in [6.07, 6.45) is 3.14. The molecule has 29 heavy (non-hydrogen) atoms. The first-order valence-corrected chi connectivity index (χ1v) is 9.83. The van der Waals surface area contributed by atoms with E-state index in [1.54, 1.807) is 6.07 Å². The number of para-hydroxylation sites is 1. The number of likely N-dealkylation sites (tertiary alicyclic amines) is 1. The molecular formula is C21H23ClFN5O. The Balaban J connectivity index is 0.00000205. The second kappa shape index (κ2) is 8.47. The van der Waals surface area contributed by atoms with Crippen molar-refractivity contribution < 1.29 is 8.91 Å². The lowest BCUT2D eigenvalue weighted by molar-refractivity contribution is 0.203. The van der Waals surface area contributed by atoms with Crippen molar-refractivity contribution in [2.45, 2.75) is 31.7 Å². The quantitative estimate of drug-likeness (QED) is 0.483. The molecule has 2 aromatic heterocycles. The Morgan fingerprint density at radius 2 is 1.90 bits per heavy atom. The van der Waals surface area contributed by atoms with Crippen LogP contribution in [0.1, 0.15) is 30.9 Å². The van der Waals surface area contributed by atoms with Crippen molar-refractivity contribution in [3.63, 3.8) is 0 Å². The van der Waals surface area contributed by atoms with E-state index < -0.39 is 0 Å². The van der Waals surface area contributed by atoms with Gasteiger partial charge in [0.2, 0.25) is 0 Å². The van der Waals surface area contributed by atoms with Crippen LogP contribution < -0.4 is 0 Å². The average molecular weight is 416 g/mol. The van der Waals surface area contributed by atoms with E-state index in [9.17, 15) is 4.39 Å². The fourth-order valence-corrected chi connectivity index (χ4v) is 4.18. The summed E-state index contributed by atoms with van der Waals surface area (Å²) in [5.41, 5.74) is 3.56. The fraction of sp³-hybridized carbons (Fsp3) is 0.381. The molecule has 5 rings (SSSR count). The summed E-state index contributed by atoms with van der Waals surface area (Å²) in [6, 6.07) is 12.7. The summed E-state index contributed by atoms with van der Waals surface area (Å²) in [5.74, 6) is 0.0902. The highest BCUT2D eigenvalue weighted by Gasteiger charge is 2.25. The molecule has 0 N–H and O–H groups in total. The predicted molar refractivity (Wildman–Crippen MR) is 112 cm³/mol. The van der Waals surface area contributed by atoms with Gasteiger partial charge in [0.1, 0.15) is 11.3 Å². The molecule has 1 saturated heterocycles. The van der Waals surface area contributed by atoms with Crippen LogP contribution in [0.3, 0.4) is 0 Å². The SMILES string of the molecule is Cl.Fc1ccc2c(C3CCN(CCCn4nnc5ccccc54)CC3)noc2c1. The molecular weight excluding hydrogens is 393 g/mol. The molecule has 2 aromatic carbocycles. The van der Waals surface area contributed by atoms with Crippen LogP contribution in [0, 0.1) is 5.82 Å². The van der Waals surface area contributed by atoms with Crippen LogP contribution in [0.5, 0.6) is 0 Å². The van der Waals surface area contributed by atoms with Gasteiger partial charge in [0.25, 0.3) is 0 Å². The Bertz CT molecular complexity index is 1100. The lowest BCUT2D eigenvalue weighted by Gasteiger charge is -2.31. The predicted octanol–water partition coefficient (Wildman–Crippen LogP) is 4.40. The van der Waals surface area contributed by atoms with E-state index in [1.165, 1.54) is 12.1 Å². The number of aromatic nitrogens is 4. The number of fused-ring (bicyclic) bond motifs is 2. The number of nitrogens with zero attached hydrogens (tertiary/aromatic N) is 5. The number of aryl methyl sites for hydroxylation is 1. The van der Waals surface area contributed by atoms with Crippen LogP contribution in [0.2, 0.25) is 0 Å². The molecule has 0 spiro atoms. The van der Waals surface area contributed by atoms with Gasteiger partial charge in [-0.1, -0.05) is 22.5 Å². The van der Waals surface area contributed by atoms with E-state index in [0.29, 0.717) is 11.5 Å². The lowest BCUT2D eigenvalue weighted by Crippen LogP contribution is -2.34. The molecule has 1 aliphatic heterocycles. The van der Waals surface area contributed by atoms with Crippen LogP contribution in [0.15, 0.2) is 47.0 Å². The van der Waals surface area contributed by atoms with E-state index in [2.05, 4.69) is 26.4 Å². The summed E-state index contributed by atoms with van der Waals surface area (Å²) < 4.78 is 20.7. The number of halogens is 2. The summed E-state index contributed by atoms with van der Waals surface area (Å²) >= 11 is 0. The third kappa shape index (κ3) is 3.97. The Morgan fingerprint density at radius 3 is 2.76 bits per heavy atom. The van der Waals surface area contributed by atoms with Gasteiger partial charge in [0.05, 0.1) is 11.2 Å². The van der Waals surface area contributed by atoms with Crippen LogP contribution in [0.4, 0.5) is 4.39 Å². The molecule has 0 bridgehead atoms. The molecule has 0 unspecified atom stereocenters. The molecule has 0 amide bonds. The highest BCUT2D eigenvalue weighted by Crippen LogP contribution is 2.32. The molecule has 1 aliphatic rings. The monoisotopic (exact) mass is 415 g/mol. The van der Waals surface area contributed by atoms with Gasteiger partial charge < -0.3 is 9.42 Å². The molecule has 4 aromatic rings. The molecule has 0 aliphatic carbocycles. The number of hydrogen-bond acceptors (Lipinski definition) is 5.